The van der Waals surface area contributed by atoms with Crippen LogP contribution in [0.4, 0.5) is 0 Å². The number of rotatable bonds is 2. The standard InChI is InChI=1S/C12H12BrClN2O/c1-6-4-8(14)5-9(11(6)17-3)10-12(13)16-7(2)15-10/h4-5H,1-3H3,(H,15,16). The van der Waals surface area contributed by atoms with Crippen molar-refractivity contribution in [2.75, 3.05) is 7.11 Å². The average molecular weight is 316 g/mol. The van der Waals surface area contributed by atoms with E-state index in [-0.39, 0.29) is 0 Å². The number of hydrogen-bond acceptors (Lipinski definition) is 2. The van der Waals surface area contributed by atoms with Crippen molar-refractivity contribution >= 4 is 27.5 Å². The van der Waals surface area contributed by atoms with E-state index in [0.29, 0.717) is 5.02 Å². The van der Waals surface area contributed by atoms with Gasteiger partial charge in [-0.15, -0.1) is 0 Å². The fourth-order valence-electron chi connectivity index (χ4n) is 1.82. The number of H-pyrrole nitrogens is 1. The average Bonchev–Trinajstić information content (AvgIpc) is 2.56. The van der Waals surface area contributed by atoms with Gasteiger partial charge in [-0.3, -0.25) is 0 Å². The van der Waals surface area contributed by atoms with Crippen LogP contribution in [0.1, 0.15) is 11.4 Å². The SMILES string of the molecule is COc1c(C)cc(Cl)cc1-c1nc(C)[nH]c1Br. The molecule has 0 saturated heterocycles. The summed E-state index contributed by atoms with van der Waals surface area (Å²) in [6.45, 7) is 3.86. The first-order valence-electron chi connectivity index (χ1n) is 5.09. The van der Waals surface area contributed by atoms with E-state index >= 15 is 0 Å². The first kappa shape index (κ1) is 12.5. The van der Waals surface area contributed by atoms with Crippen LogP contribution in [0.25, 0.3) is 11.3 Å². The second-order valence-corrected chi connectivity index (χ2v) is 5.02. The summed E-state index contributed by atoms with van der Waals surface area (Å²) in [5.41, 5.74) is 2.68. The molecule has 1 N–H and O–H groups in total. The molecule has 90 valence electrons. The van der Waals surface area contributed by atoms with Gasteiger partial charge in [0.05, 0.1) is 7.11 Å². The highest BCUT2D eigenvalue weighted by atomic mass is 79.9. The number of benzene rings is 1. The zero-order chi connectivity index (χ0) is 12.6. The molecule has 0 unspecified atom stereocenters. The molecule has 0 amide bonds. The Morgan fingerprint density at radius 2 is 2.06 bits per heavy atom. The molecule has 0 radical (unpaired) electrons. The normalized spacial score (nSPS) is 10.6. The highest BCUT2D eigenvalue weighted by molar-refractivity contribution is 9.10. The van der Waals surface area contributed by atoms with Gasteiger partial charge in [-0.05, 0) is 47.5 Å². The molecule has 1 aromatic carbocycles. The largest absolute Gasteiger partial charge is 0.496 e. The molecule has 5 heteroatoms. The predicted octanol–water partition coefficient (Wildman–Crippen LogP) is 4.12. The van der Waals surface area contributed by atoms with Crippen molar-refractivity contribution in [2.45, 2.75) is 13.8 Å². The first-order chi connectivity index (χ1) is 8.02. The molecule has 2 rings (SSSR count). The Morgan fingerprint density at radius 3 is 2.59 bits per heavy atom. The van der Waals surface area contributed by atoms with Crippen molar-refractivity contribution in [2.24, 2.45) is 0 Å². The third kappa shape index (κ3) is 2.33. The van der Waals surface area contributed by atoms with Crippen LogP contribution in [-0.2, 0) is 0 Å². The summed E-state index contributed by atoms with van der Waals surface area (Å²) in [6, 6.07) is 3.73. The van der Waals surface area contributed by atoms with E-state index in [9.17, 15) is 0 Å². The molecule has 0 fully saturated rings. The molecule has 0 spiro atoms. The predicted molar refractivity (Wildman–Crippen MR) is 72.8 cm³/mol. The maximum absolute atomic E-state index is 6.08. The number of halogens is 2. The van der Waals surface area contributed by atoms with Crippen molar-refractivity contribution in [3.63, 3.8) is 0 Å². The van der Waals surface area contributed by atoms with Gasteiger partial charge in [0.2, 0.25) is 0 Å². The number of ether oxygens (including phenoxy) is 1. The number of imidazole rings is 1. The van der Waals surface area contributed by atoms with Crippen molar-refractivity contribution in [1.82, 2.24) is 9.97 Å². The second-order valence-electron chi connectivity index (χ2n) is 3.79. The van der Waals surface area contributed by atoms with E-state index in [4.69, 9.17) is 16.3 Å². The zero-order valence-corrected chi connectivity index (χ0v) is 12.1. The summed E-state index contributed by atoms with van der Waals surface area (Å²) in [5.74, 6) is 1.63. The number of nitrogens with zero attached hydrogens (tertiary/aromatic N) is 1. The van der Waals surface area contributed by atoms with Crippen LogP contribution in [0.5, 0.6) is 5.75 Å². The van der Waals surface area contributed by atoms with Crippen LogP contribution in [0, 0.1) is 13.8 Å². The Kier molecular flexibility index (Phi) is 3.45. The molecule has 0 bridgehead atoms. The van der Waals surface area contributed by atoms with Gasteiger partial charge in [0.1, 0.15) is 21.9 Å². The maximum Gasteiger partial charge on any atom is 0.131 e. The molecule has 2 aromatic rings. The van der Waals surface area contributed by atoms with Crippen molar-refractivity contribution < 1.29 is 4.74 Å². The summed E-state index contributed by atoms with van der Waals surface area (Å²) < 4.78 is 6.25. The fraction of sp³-hybridized carbons (Fsp3) is 0.250. The van der Waals surface area contributed by atoms with E-state index in [2.05, 4.69) is 25.9 Å². The van der Waals surface area contributed by atoms with Gasteiger partial charge >= 0.3 is 0 Å². The summed E-state index contributed by atoms with van der Waals surface area (Å²) in [6.07, 6.45) is 0. The highest BCUT2D eigenvalue weighted by Gasteiger charge is 2.16. The van der Waals surface area contributed by atoms with E-state index in [1.54, 1.807) is 7.11 Å². The van der Waals surface area contributed by atoms with Crippen LogP contribution in [0.3, 0.4) is 0 Å². The first-order valence-corrected chi connectivity index (χ1v) is 6.26. The monoisotopic (exact) mass is 314 g/mol. The van der Waals surface area contributed by atoms with Gasteiger partial charge in [0.25, 0.3) is 0 Å². The minimum absolute atomic E-state index is 0.672. The molecule has 0 saturated carbocycles. The molecule has 0 aliphatic rings. The van der Waals surface area contributed by atoms with Crippen LogP contribution < -0.4 is 4.74 Å². The number of hydrogen-bond donors (Lipinski definition) is 1. The molecular formula is C12H12BrClN2O. The summed E-state index contributed by atoms with van der Waals surface area (Å²) in [5, 5.41) is 0.672. The Bertz CT molecular complexity index is 566. The maximum atomic E-state index is 6.08. The fourth-order valence-corrected chi connectivity index (χ4v) is 2.68. The van der Waals surface area contributed by atoms with Crippen molar-refractivity contribution in [3.05, 3.63) is 33.1 Å². The Balaban J connectivity index is 2.69. The van der Waals surface area contributed by atoms with E-state index in [0.717, 1.165) is 33.0 Å². The van der Waals surface area contributed by atoms with E-state index in [1.165, 1.54) is 0 Å². The highest BCUT2D eigenvalue weighted by Crippen LogP contribution is 2.37. The molecule has 1 heterocycles. The van der Waals surface area contributed by atoms with Gasteiger partial charge in [-0.2, -0.15) is 0 Å². The minimum atomic E-state index is 0.672. The topological polar surface area (TPSA) is 37.9 Å². The molecule has 1 aromatic heterocycles. The molecule has 0 aliphatic heterocycles. The molecular weight excluding hydrogens is 304 g/mol. The van der Waals surface area contributed by atoms with Crippen molar-refractivity contribution in [3.8, 4) is 17.0 Å². The molecule has 17 heavy (non-hydrogen) atoms. The Morgan fingerprint density at radius 1 is 1.35 bits per heavy atom. The van der Waals surface area contributed by atoms with Crippen LogP contribution >= 0.6 is 27.5 Å². The number of nitrogens with one attached hydrogen (secondary N) is 1. The lowest BCUT2D eigenvalue weighted by atomic mass is 10.1. The lowest BCUT2D eigenvalue weighted by molar-refractivity contribution is 0.413. The summed E-state index contributed by atoms with van der Waals surface area (Å²) in [4.78, 5) is 7.53. The third-order valence-corrected chi connectivity index (χ3v) is 3.27. The Labute approximate surface area is 113 Å². The molecule has 0 aliphatic carbocycles. The van der Waals surface area contributed by atoms with E-state index in [1.807, 2.05) is 26.0 Å². The van der Waals surface area contributed by atoms with Gasteiger partial charge < -0.3 is 9.72 Å². The third-order valence-electron chi connectivity index (χ3n) is 2.48. The van der Waals surface area contributed by atoms with Crippen LogP contribution in [0.2, 0.25) is 5.02 Å². The Hall–Kier alpha value is -1.00. The summed E-state index contributed by atoms with van der Waals surface area (Å²) >= 11 is 9.53. The van der Waals surface area contributed by atoms with Gasteiger partial charge in [-0.1, -0.05) is 11.6 Å². The molecule has 0 atom stereocenters. The second kappa shape index (κ2) is 4.70. The van der Waals surface area contributed by atoms with Gasteiger partial charge in [0, 0.05) is 10.6 Å². The van der Waals surface area contributed by atoms with Gasteiger partial charge in [-0.25, -0.2) is 4.98 Å². The smallest absolute Gasteiger partial charge is 0.131 e. The molecule has 3 nitrogen and oxygen atoms in total. The van der Waals surface area contributed by atoms with E-state index < -0.39 is 0 Å². The lowest BCUT2D eigenvalue weighted by Gasteiger charge is -2.10. The number of aromatic nitrogens is 2. The minimum Gasteiger partial charge on any atom is -0.496 e. The lowest BCUT2D eigenvalue weighted by Crippen LogP contribution is -1.92. The van der Waals surface area contributed by atoms with Crippen molar-refractivity contribution in [1.29, 1.82) is 0 Å². The van der Waals surface area contributed by atoms with Crippen LogP contribution in [0.15, 0.2) is 16.7 Å². The number of aryl methyl sites for hydroxylation is 2. The number of methoxy groups -OCH3 is 1. The van der Waals surface area contributed by atoms with Crippen LogP contribution in [-0.4, -0.2) is 17.1 Å². The zero-order valence-electron chi connectivity index (χ0n) is 9.77. The summed E-state index contributed by atoms with van der Waals surface area (Å²) in [7, 11) is 1.65. The number of aromatic amines is 1. The van der Waals surface area contributed by atoms with Gasteiger partial charge in [0.15, 0.2) is 0 Å². The quantitative estimate of drug-likeness (QED) is 0.905.